The van der Waals surface area contributed by atoms with Crippen LogP contribution in [-0.4, -0.2) is 6.04 Å². The lowest BCUT2D eigenvalue weighted by Gasteiger charge is -2.19. The van der Waals surface area contributed by atoms with Crippen LogP contribution in [0.1, 0.15) is 49.8 Å². The minimum atomic E-state index is 0.494. The zero-order valence-corrected chi connectivity index (χ0v) is 9.79. The minimum Gasteiger partial charge on any atom is -0.307 e. The molecule has 0 aliphatic heterocycles. The predicted octanol–water partition coefficient (Wildman–Crippen LogP) is 3.59. The zero-order valence-electron chi connectivity index (χ0n) is 9.79. The standard InChI is InChI=1S/C14H21N/c1-11-6-5-7-13(10-11)12(2)15-14-8-3-4-9-14/h5-7,10,12,14-15H,3-4,8-9H2,1-2H3/t12-/m1/s1. The summed E-state index contributed by atoms with van der Waals surface area (Å²) in [5.41, 5.74) is 2.77. The number of rotatable bonds is 3. The van der Waals surface area contributed by atoms with E-state index in [1.165, 1.54) is 36.8 Å². The highest BCUT2D eigenvalue weighted by Gasteiger charge is 2.17. The monoisotopic (exact) mass is 203 g/mol. The van der Waals surface area contributed by atoms with Gasteiger partial charge in [0.15, 0.2) is 0 Å². The molecule has 82 valence electrons. The molecule has 1 saturated carbocycles. The van der Waals surface area contributed by atoms with Gasteiger partial charge in [-0.05, 0) is 32.3 Å². The van der Waals surface area contributed by atoms with E-state index >= 15 is 0 Å². The Kier molecular flexibility index (Phi) is 3.42. The first-order valence-electron chi connectivity index (χ1n) is 6.08. The first-order chi connectivity index (χ1) is 7.25. The van der Waals surface area contributed by atoms with Gasteiger partial charge in [-0.1, -0.05) is 42.7 Å². The summed E-state index contributed by atoms with van der Waals surface area (Å²) < 4.78 is 0. The Morgan fingerprint density at radius 3 is 2.67 bits per heavy atom. The lowest BCUT2D eigenvalue weighted by Crippen LogP contribution is -2.28. The molecule has 1 atom stereocenters. The molecular formula is C14H21N. The molecule has 1 aliphatic rings. The first-order valence-corrected chi connectivity index (χ1v) is 6.08. The molecule has 1 heteroatoms. The van der Waals surface area contributed by atoms with Gasteiger partial charge in [0, 0.05) is 12.1 Å². The van der Waals surface area contributed by atoms with Gasteiger partial charge in [0.1, 0.15) is 0 Å². The van der Waals surface area contributed by atoms with Crippen molar-refractivity contribution in [2.24, 2.45) is 0 Å². The third-order valence-corrected chi connectivity index (χ3v) is 3.38. The number of benzene rings is 1. The molecular weight excluding hydrogens is 182 g/mol. The van der Waals surface area contributed by atoms with Gasteiger partial charge >= 0.3 is 0 Å². The molecule has 0 aromatic heterocycles. The fourth-order valence-corrected chi connectivity index (χ4v) is 2.48. The summed E-state index contributed by atoms with van der Waals surface area (Å²) in [6.45, 7) is 4.43. The largest absolute Gasteiger partial charge is 0.307 e. The zero-order chi connectivity index (χ0) is 10.7. The average Bonchev–Trinajstić information content (AvgIpc) is 2.70. The van der Waals surface area contributed by atoms with Crippen LogP contribution in [0.2, 0.25) is 0 Å². The maximum atomic E-state index is 3.72. The molecule has 15 heavy (non-hydrogen) atoms. The number of nitrogens with one attached hydrogen (secondary N) is 1. The van der Waals surface area contributed by atoms with Crippen LogP contribution in [0.5, 0.6) is 0 Å². The van der Waals surface area contributed by atoms with Gasteiger partial charge in [0.05, 0.1) is 0 Å². The van der Waals surface area contributed by atoms with Crippen molar-refractivity contribution in [2.45, 2.75) is 51.6 Å². The summed E-state index contributed by atoms with van der Waals surface area (Å²) >= 11 is 0. The normalized spacial score (nSPS) is 19.3. The number of aryl methyl sites for hydroxylation is 1. The Labute approximate surface area is 92.9 Å². The summed E-state index contributed by atoms with van der Waals surface area (Å²) in [4.78, 5) is 0. The second-order valence-electron chi connectivity index (χ2n) is 4.78. The van der Waals surface area contributed by atoms with Gasteiger partial charge in [0.2, 0.25) is 0 Å². The summed E-state index contributed by atoms with van der Waals surface area (Å²) in [5, 5.41) is 3.72. The fraction of sp³-hybridized carbons (Fsp3) is 0.571. The highest BCUT2D eigenvalue weighted by molar-refractivity contribution is 5.24. The molecule has 1 fully saturated rings. The molecule has 1 nitrogen and oxygen atoms in total. The lowest BCUT2D eigenvalue weighted by molar-refractivity contribution is 0.461. The van der Waals surface area contributed by atoms with E-state index in [2.05, 4.69) is 43.4 Å². The van der Waals surface area contributed by atoms with Crippen molar-refractivity contribution in [3.63, 3.8) is 0 Å². The first kappa shape index (κ1) is 10.7. The van der Waals surface area contributed by atoms with E-state index in [-0.39, 0.29) is 0 Å². The highest BCUT2D eigenvalue weighted by atomic mass is 14.9. The second kappa shape index (κ2) is 4.80. The number of hydrogen-bond donors (Lipinski definition) is 1. The SMILES string of the molecule is Cc1cccc([C@@H](C)NC2CCCC2)c1. The molecule has 0 heterocycles. The van der Waals surface area contributed by atoms with E-state index in [0.29, 0.717) is 6.04 Å². The summed E-state index contributed by atoms with van der Waals surface area (Å²) in [6.07, 6.45) is 5.52. The van der Waals surface area contributed by atoms with Crippen molar-refractivity contribution in [2.75, 3.05) is 0 Å². The van der Waals surface area contributed by atoms with E-state index in [4.69, 9.17) is 0 Å². The van der Waals surface area contributed by atoms with Gasteiger partial charge < -0.3 is 5.32 Å². The fourth-order valence-electron chi connectivity index (χ4n) is 2.48. The Morgan fingerprint density at radius 1 is 1.27 bits per heavy atom. The molecule has 1 aliphatic carbocycles. The van der Waals surface area contributed by atoms with E-state index in [9.17, 15) is 0 Å². The molecule has 1 aromatic rings. The Morgan fingerprint density at radius 2 is 2.00 bits per heavy atom. The molecule has 0 saturated heterocycles. The van der Waals surface area contributed by atoms with Crippen molar-refractivity contribution < 1.29 is 0 Å². The highest BCUT2D eigenvalue weighted by Crippen LogP contribution is 2.22. The Bertz CT molecular complexity index is 313. The molecule has 0 amide bonds. The second-order valence-corrected chi connectivity index (χ2v) is 4.78. The van der Waals surface area contributed by atoms with Crippen molar-refractivity contribution in [3.05, 3.63) is 35.4 Å². The van der Waals surface area contributed by atoms with E-state index < -0.39 is 0 Å². The minimum absolute atomic E-state index is 0.494. The van der Waals surface area contributed by atoms with Gasteiger partial charge in [-0.2, -0.15) is 0 Å². The van der Waals surface area contributed by atoms with Crippen LogP contribution in [0, 0.1) is 6.92 Å². The van der Waals surface area contributed by atoms with Crippen LogP contribution >= 0.6 is 0 Å². The smallest absolute Gasteiger partial charge is 0.0294 e. The summed E-state index contributed by atoms with van der Waals surface area (Å²) in [7, 11) is 0. The Balaban J connectivity index is 1.97. The molecule has 2 rings (SSSR count). The maximum Gasteiger partial charge on any atom is 0.0294 e. The van der Waals surface area contributed by atoms with Gasteiger partial charge in [-0.3, -0.25) is 0 Å². The van der Waals surface area contributed by atoms with Crippen molar-refractivity contribution >= 4 is 0 Å². The topological polar surface area (TPSA) is 12.0 Å². The average molecular weight is 203 g/mol. The predicted molar refractivity (Wildman–Crippen MR) is 65.0 cm³/mol. The van der Waals surface area contributed by atoms with Crippen molar-refractivity contribution in [1.82, 2.24) is 5.32 Å². The molecule has 1 N–H and O–H groups in total. The van der Waals surface area contributed by atoms with Gasteiger partial charge in [0.25, 0.3) is 0 Å². The van der Waals surface area contributed by atoms with Gasteiger partial charge in [-0.15, -0.1) is 0 Å². The molecule has 0 radical (unpaired) electrons. The van der Waals surface area contributed by atoms with E-state index in [1.54, 1.807) is 0 Å². The molecule has 0 bridgehead atoms. The van der Waals surface area contributed by atoms with Crippen LogP contribution in [-0.2, 0) is 0 Å². The van der Waals surface area contributed by atoms with Crippen molar-refractivity contribution in [1.29, 1.82) is 0 Å². The maximum absolute atomic E-state index is 3.72. The van der Waals surface area contributed by atoms with Crippen LogP contribution in [0.3, 0.4) is 0 Å². The Hall–Kier alpha value is -0.820. The van der Waals surface area contributed by atoms with Gasteiger partial charge in [-0.25, -0.2) is 0 Å². The third-order valence-electron chi connectivity index (χ3n) is 3.38. The van der Waals surface area contributed by atoms with Crippen LogP contribution in [0.15, 0.2) is 24.3 Å². The van der Waals surface area contributed by atoms with E-state index in [0.717, 1.165) is 6.04 Å². The lowest BCUT2D eigenvalue weighted by atomic mass is 10.0. The van der Waals surface area contributed by atoms with E-state index in [1.807, 2.05) is 0 Å². The summed E-state index contributed by atoms with van der Waals surface area (Å²) in [5.74, 6) is 0. The number of hydrogen-bond acceptors (Lipinski definition) is 1. The van der Waals surface area contributed by atoms with Crippen molar-refractivity contribution in [3.8, 4) is 0 Å². The van der Waals surface area contributed by atoms with Crippen LogP contribution in [0.25, 0.3) is 0 Å². The van der Waals surface area contributed by atoms with Crippen LogP contribution in [0.4, 0.5) is 0 Å². The summed E-state index contributed by atoms with van der Waals surface area (Å²) in [6, 6.07) is 10.1. The quantitative estimate of drug-likeness (QED) is 0.791. The van der Waals surface area contributed by atoms with Crippen LogP contribution < -0.4 is 5.32 Å². The molecule has 0 spiro atoms. The molecule has 0 unspecified atom stereocenters. The third kappa shape index (κ3) is 2.82. The molecule has 1 aromatic carbocycles.